The molecule has 0 bridgehead atoms. The molecule has 31 heteroatoms. The Morgan fingerprint density at radius 2 is 0.535 bits per heavy atom. The number of hydrogen-bond acceptors (Lipinski definition) is 23. The molecule has 2 amide bonds. The Bertz CT molecular complexity index is 7210. The summed E-state index contributed by atoms with van der Waals surface area (Å²) in [5, 5.41) is 24.1. The molecule has 0 aromatic heterocycles. The predicted octanol–water partition coefficient (Wildman–Crippen LogP) is 22.2. The molecule has 744 valence electrons. The minimum atomic E-state index is -0.426. The maximum atomic E-state index is 12.3. The third kappa shape index (κ3) is 25.4. The van der Waals surface area contributed by atoms with Crippen LogP contribution in [0.5, 0.6) is 0 Å². The van der Waals surface area contributed by atoms with E-state index >= 15 is 0 Å². The molecule has 0 fully saturated rings. The van der Waals surface area contributed by atoms with Crippen LogP contribution in [0, 0.1) is 34.1 Å². The minimum Gasteiger partial charge on any atom is -1.00 e. The van der Waals surface area contributed by atoms with Crippen molar-refractivity contribution in [1.82, 2.24) is 19.1 Å². The third-order valence-corrected chi connectivity index (χ3v) is 32.5. The van der Waals surface area contributed by atoms with Crippen LogP contribution in [-0.2, 0) is 28.9 Å². The molecule has 12 aromatic carbocycles. The summed E-state index contributed by atoms with van der Waals surface area (Å²) in [6.45, 7) is 7.14. The molecule has 0 saturated heterocycles. The number of aryl methyl sites for hydroxylation is 2. The van der Waals surface area contributed by atoms with Crippen molar-refractivity contribution in [2.75, 3.05) is 190 Å². The van der Waals surface area contributed by atoms with E-state index in [4.69, 9.17) is 9.97 Å². The van der Waals surface area contributed by atoms with E-state index in [2.05, 4.69) is 356 Å². The van der Waals surface area contributed by atoms with E-state index in [0.29, 0.717) is 5.69 Å². The molecule has 0 spiro atoms. The molecule has 21 rings (SSSR count). The van der Waals surface area contributed by atoms with Gasteiger partial charge in [-0.3, -0.25) is 39.6 Å². The lowest BCUT2D eigenvalue weighted by atomic mass is 10.0. The molecular formula is C113H121Cl2N16O6S7+. The van der Waals surface area contributed by atoms with E-state index in [9.17, 15) is 29.8 Å². The third-order valence-electron chi connectivity index (χ3n) is 24.5. The number of carbonyl (C=O) groups excluding carboxylic acids is 2. The summed E-state index contributed by atoms with van der Waals surface area (Å²) in [7, 11) is 41.3. The Balaban J connectivity index is 0.000000141. The summed E-state index contributed by atoms with van der Waals surface area (Å²) in [6.07, 6.45) is 2.94. The molecule has 7 aliphatic heterocycles. The highest BCUT2D eigenvalue weighted by Gasteiger charge is 2.31. The number of anilines is 12. The molecule has 0 N–H and O–H groups in total. The zero-order valence-electron chi connectivity index (χ0n) is 85.6. The minimum absolute atomic E-state index is 0. The maximum absolute atomic E-state index is 12.3. The van der Waals surface area contributed by atoms with Crippen LogP contribution >= 0.6 is 93.9 Å². The zero-order chi connectivity index (χ0) is 102. The topological polar surface area (TPSA) is 185 Å². The maximum Gasteiger partial charge on any atom is 0.270 e. The molecule has 12 aromatic rings. The SMILES string of the molecule is CC(=O)N1c2ccc(C)cc2Sc2cc([N+](=O)[O-])ccc21.CC(=O)N1c2ccc(N(C)C)cc2Sc2cc(N(C)C)ccc21.CN(C)c1ccc2c(c1)Sc1cc(N(C)C)ccc1C2.CN(C)c1ccc2c(c1)Sc1cc(N(C)C)ccc1C2.CN(C)c1ccc2nc3ccc(=[N+](C)C)cc-3sc2c1.CN(C)c1ccc2nc3ccc(=[N+](C)C)cc-3sc2c1.Cc1ccc2c(c1)Sc1cc([N+](=O)[O-])ccc1C2.Cl.[Cl-]. The molecule has 22 nitrogen and oxygen atoms in total. The second-order valence-corrected chi connectivity index (χ2v) is 44.8. The number of amides is 2. The van der Waals surface area contributed by atoms with Gasteiger partial charge in [-0.25, -0.2) is 19.1 Å². The van der Waals surface area contributed by atoms with Crippen molar-refractivity contribution >= 4 is 206 Å². The van der Waals surface area contributed by atoms with E-state index in [0.717, 1.165) is 100 Å². The normalized spacial score (nSPS) is 12.0. The Labute approximate surface area is 886 Å². The monoisotopic (exact) mass is 2090 g/mol. The van der Waals surface area contributed by atoms with Crippen molar-refractivity contribution < 1.29 is 31.8 Å². The van der Waals surface area contributed by atoms with Crippen LogP contribution in [0.25, 0.3) is 41.6 Å². The highest BCUT2D eigenvalue weighted by atomic mass is 35.5. The summed E-state index contributed by atoms with van der Waals surface area (Å²) in [4.78, 5) is 89.2. The summed E-state index contributed by atoms with van der Waals surface area (Å²) in [5.41, 5.74) is 28.1. The fraction of sp³-hybridized carbons (Fsp3) is 0.239. The van der Waals surface area contributed by atoms with Crippen molar-refractivity contribution in [2.24, 2.45) is 0 Å². The number of nitro groups is 2. The largest absolute Gasteiger partial charge is 1.00 e. The fourth-order valence-electron chi connectivity index (χ4n) is 16.4. The Morgan fingerprint density at radius 1 is 0.299 bits per heavy atom. The van der Waals surface area contributed by atoms with Gasteiger partial charge in [0.25, 0.3) is 11.4 Å². The Morgan fingerprint density at radius 3 is 0.861 bits per heavy atom. The number of nitrogens with zero attached hydrogens (tertiary/aromatic N) is 16. The van der Waals surface area contributed by atoms with Crippen molar-refractivity contribution in [3.05, 3.63) is 330 Å². The lowest BCUT2D eigenvalue weighted by Crippen LogP contribution is -3.00. The summed E-state index contributed by atoms with van der Waals surface area (Å²) < 4.78 is 6.68. The standard InChI is InChI=1S/C18H21N3OS.2C17H20N2S.2C16H18N3S.C15H12N2O3S.C14H11NO2S.2ClH/c1-12(22)21-15-8-6-13(19(2)3)10-17(15)23-18-11-14(20(4)5)7-9-16(18)21;2*1-18(2)14-7-5-12-9-13-6-8-15(19(3)4)11-17(13)20-16(12)10-14;2*1-18(2)11-5-7-13-15(9-11)20-16-10-12(19(3)4)6-8-14(16)17-13;1-9-3-5-12-14(7-9)21-15-8-11(17(19)20)4-6-13(15)16(12)10(2)18;1-9-2-3-10-7-11-4-5-12(15(16)17)8-14(11)18-13(10)6-9;;/h6-11H,1-5H3;2*5-8,10-11H,9H2,1-4H3;2*5-10H,1-4H3;3-8H,1-2H3;2-6,8H,7H2,1H3;2*1H/q;;;2*+1;;;;/p-1. The van der Waals surface area contributed by atoms with Crippen LogP contribution < -0.4 is 81.3 Å². The Hall–Kier alpha value is -12.8. The second-order valence-electron chi connectivity index (χ2n) is 37.2. The number of benzene rings is 14. The van der Waals surface area contributed by atoms with Gasteiger partial charge in [0.1, 0.15) is 28.2 Å². The molecule has 0 saturated carbocycles. The van der Waals surface area contributed by atoms with Gasteiger partial charge < -0.3 is 51.6 Å². The van der Waals surface area contributed by atoms with Crippen molar-refractivity contribution in [3.63, 3.8) is 0 Å². The average Bonchev–Trinajstić information content (AvgIpc) is 0.757. The van der Waals surface area contributed by atoms with Crippen molar-refractivity contribution in [1.29, 1.82) is 0 Å². The molecule has 0 radical (unpaired) electrons. The summed E-state index contributed by atoms with van der Waals surface area (Å²) >= 11 is 12.2. The second kappa shape index (κ2) is 46.9. The van der Waals surface area contributed by atoms with Crippen molar-refractivity contribution in [2.45, 2.75) is 95.9 Å². The first-order valence-corrected chi connectivity index (χ1v) is 52.0. The first-order valence-electron chi connectivity index (χ1n) is 46.3. The molecular weight excluding hydrogens is 1970 g/mol. The van der Waals surface area contributed by atoms with Gasteiger partial charge >= 0.3 is 0 Å². The predicted molar refractivity (Wildman–Crippen MR) is 610 cm³/mol. The van der Waals surface area contributed by atoms with E-state index in [1.165, 1.54) is 158 Å². The van der Waals surface area contributed by atoms with Gasteiger partial charge in [0, 0.05) is 270 Å². The number of carbonyl (C=O) groups is 2. The van der Waals surface area contributed by atoms with Crippen LogP contribution in [-0.4, -0.2) is 173 Å². The molecule has 0 unspecified atom stereocenters. The summed E-state index contributed by atoms with van der Waals surface area (Å²) in [5.74, 6) is -0.0847. The van der Waals surface area contributed by atoms with Crippen molar-refractivity contribution in [3.8, 4) is 21.1 Å². The average molecular weight is 2090 g/mol. The quantitative estimate of drug-likeness (QED) is 0.0544. The number of nitro benzene ring substituents is 2. The van der Waals surface area contributed by atoms with E-state index in [1.807, 2.05) is 95.0 Å². The fourth-order valence-corrected chi connectivity index (χ4v) is 24.2. The highest BCUT2D eigenvalue weighted by Crippen LogP contribution is 2.53. The van der Waals surface area contributed by atoms with Gasteiger partial charge in [0.15, 0.2) is 0 Å². The highest BCUT2D eigenvalue weighted by molar-refractivity contribution is 8.00. The molecule has 9 aliphatic rings. The molecule has 7 heterocycles. The Kier molecular flexibility index (Phi) is 35.3. The van der Waals surface area contributed by atoms with E-state index in [-0.39, 0.29) is 52.9 Å². The molecule has 2 aliphatic carbocycles. The van der Waals surface area contributed by atoms with E-state index < -0.39 is 4.92 Å². The number of aromatic nitrogens is 2. The summed E-state index contributed by atoms with van der Waals surface area (Å²) in [6, 6.07) is 87.1. The first kappa shape index (κ1) is 108. The number of non-ortho nitro benzene ring substituents is 2. The zero-order valence-corrected chi connectivity index (χ0v) is 92.9. The number of halogens is 2. The van der Waals surface area contributed by atoms with Crippen LogP contribution in [0.1, 0.15) is 58.4 Å². The van der Waals surface area contributed by atoms with Gasteiger partial charge in [-0.2, -0.15) is 0 Å². The lowest BCUT2D eigenvalue weighted by Gasteiger charge is -2.32. The van der Waals surface area contributed by atoms with E-state index in [1.54, 1.807) is 81.1 Å². The lowest BCUT2D eigenvalue weighted by molar-refractivity contribution is -0.385. The van der Waals surface area contributed by atoms with Gasteiger partial charge in [-0.05, 0) is 235 Å². The van der Waals surface area contributed by atoms with Crippen LogP contribution in [0.2, 0.25) is 0 Å². The van der Waals surface area contributed by atoms with Gasteiger partial charge in [-0.15, -0.1) is 35.1 Å². The first-order chi connectivity index (χ1) is 67.6. The van der Waals surface area contributed by atoms with Crippen LogP contribution in [0.15, 0.2) is 304 Å². The smallest absolute Gasteiger partial charge is 0.270 e. The van der Waals surface area contributed by atoms with Gasteiger partial charge in [0.2, 0.25) is 22.5 Å². The molecule has 144 heavy (non-hydrogen) atoms. The van der Waals surface area contributed by atoms with Gasteiger partial charge in [-0.1, -0.05) is 107 Å². The number of fused-ring (bicyclic) bond motifs is 14. The number of hydrogen-bond donors (Lipinski definition) is 0. The van der Waals surface area contributed by atoms with Crippen LogP contribution in [0.3, 0.4) is 0 Å². The molecule has 0 atom stereocenters. The van der Waals surface area contributed by atoms with Crippen LogP contribution in [0.4, 0.5) is 79.6 Å². The van der Waals surface area contributed by atoms with Gasteiger partial charge in [0.05, 0.1) is 74.2 Å². The number of rotatable bonds is 10.